The lowest BCUT2D eigenvalue weighted by Crippen LogP contribution is -2.25. The number of hydrogen-bond acceptors (Lipinski definition) is 2. The third-order valence-corrected chi connectivity index (χ3v) is 9.67. The van der Waals surface area contributed by atoms with Gasteiger partial charge in [0.2, 0.25) is 5.82 Å². The van der Waals surface area contributed by atoms with E-state index >= 15 is 0 Å². The summed E-state index contributed by atoms with van der Waals surface area (Å²) in [5, 5.41) is 0. The van der Waals surface area contributed by atoms with Crippen molar-refractivity contribution in [2.75, 3.05) is 13.2 Å². The normalized spacial score (nSPS) is 30.0. The van der Waals surface area contributed by atoms with Crippen LogP contribution in [0.3, 0.4) is 0 Å². The van der Waals surface area contributed by atoms with Crippen LogP contribution in [0, 0.1) is 35.3 Å². The van der Waals surface area contributed by atoms with Crippen LogP contribution in [0.4, 0.5) is 8.78 Å². The standard InChI is InChI=1S/C32H50F2O2/c1-3-5-7-9-21-35-30-20-19-29(31(33)32(30)34)24-11-15-26(16-12-24)36-22-25-14-18-27-23(10-8-6-4-2)13-17-28(25)27/h19-20,23-28H,3-18,21-22H2,1-2H3. The second-order valence-electron chi connectivity index (χ2n) is 12.0. The molecule has 204 valence electrons. The Labute approximate surface area is 218 Å². The van der Waals surface area contributed by atoms with Gasteiger partial charge in [0.15, 0.2) is 11.6 Å². The number of fused-ring (bicyclic) bond motifs is 1. The molecule has 0 radical (unpaired) electrons. The molecule has 0 saturated heterocycles. The van der Waals surface area contributed by atoms with Gasteiger partial charge in [0.1, 0.15) is 0 Å². The van der Waals surface area contributed by atoms with E-state index in [1.54, 1.807) is 12.1 Å². The molecular formula is C32H50F2O2. The lowest BCUT2D eigenvalue weighted by molar-refractivity contribution is -0.00340. The van der Waals surface area contributed by atoms with Crippen LogP contribution in [0.5, 0.6) is 5.75 Å². The largest absolute Gasteiger partial charge is 0.490 e. The molecular weight excluding hydrogens is 454 g/mol. The molecule has 0 amide bonds. The average molecular weight is 505 g/mol. The molecule has 0 aliphatic heterocycles. The minimum Gasteiger partial charge on any atom is -0.490 e. The fourth-order valence-electron chi connectivity index (χ4n) is 7.55. The topological polar surface area (TPSA) is 18.5 Å². The van der Waals surface area contributed by atoms with Crippen LogP contribution in [0.15, 0.2) is 12.1 Å². The zero-order valence-electron chi connectivity index (χ0n) is 22.9. The van der Waals surface area contributed by atoms with Crippen molar-refractivity contribution in [1.82, 2.24) is 0 Å². The summed E-state index contributed by atoms with van der Waals surface area (Å²) in [4.78, 5) is 0. The third-order valence-electron chi connectivity index (χ3n) is 9.67. The number of rotatable bonds is 14. The molecule has 3 aliphatic carbocycles. The fourth-order valence-corrected chi connectivity index (χ4v) is 7.55. The van der Waals surface area contributed by atoms with Gasteiger partial charge in [-0.2, -0.15) is 4.39 Å². The summed E-state index contributed by atoms with van der Waals surface area (Å²) in [6, 6.07) is 3.38. The van der Waals surface area contributed by atoms with Crippen LogP contribution < -0.4 is 4.74 Å². The van der Waals surface area contributed by atoms with Gasteiger partial charge in [-0.15, -0.1) is 0 Å². The first-order valence-corrected chi connectivity index (χ1v) is 15.3. The van der Waals surface area contributed by atoms with Crippen LogP contribution in [-0.4, -0.2) is 19.3 Å². The Morgan fingerprint density at radius 3 is 2.17 bits per heavy atom. The van der Waals surface area contributed by atoms with Crippen molar-refractivity contribution in [3.8, 4) is 5.75 Å². The van der Waals surface area contributed by atoms with E-state index in [4.69, 9.17) is 9.47 Å². The van der Waals surface area contributed by atoms with Crippen LogP contribution in [0.2, 0.25) is 0 Å². The number of halogens is 2. The Hall–Kier alpha value is -1.16. The molecule has 4 unspecified atom stereocenters. The van der Waals surface area contributed by atoms with Crippen molar-refractivity contribution in [1.29, 1.82) is 0 Å². The first-order valence-electron chi connectivity index (χ1n) is 15.3. The second kappa shape index (κ2) is 14.1. The van der Waals surface area contributed by atoms with Crippen LogP contribution in [0.25, 0.3) is 0 Å². The molecule has 36 heavy (non-hydrogen) atoms. The summed E-state index contributed by atoms with van der Waals surface area (Å²) in [7, 11) is 0. The monoisotopic (exact) mass is 504 g/mol. The van der Waals surface area contributed by atoms with Gasteiger partial charge in [0, 0.05) is 0 Å². The predicted molar refractivity (Wildman–Crippen MR) is 144 cm³/mol. The molecule has 0 heterocycles. The van der Waals surface area contributed by atoms with Gasteiger partial charge < -0.3 is 9.47 Å². The van der Waals surface area contributed by atoms with Gasteiger partial charge in [0.25, 0.3) is 0 Å². The van der Waals surface area contributed by atoms with Crippen molar-refractivity contribution in [2.45, 2.75) is 129 Å². The Morgan fingerprint density at radius 1 is 0.722 bits per heavy atom. The van der Waals surface area contributed by atoms with Gasteiger partial charge in [-0.05, 0) is 99.0 Å². The average Bonchev–Trinajstić information content (AvgIpc) is 3.48. The van der Waals surface area contributed by atoms with Crippen molar-refractivity contribution in [3.05, 3.63) is 29.3 Å². The van der Waals surface area contributed by atoms with Crippen LogP contribution in [0.1, 0.15) is 128 Å². The molecule has 0 spiro atoms. The summed E-state index contributed by atoms with van der Waals surface area (Å²) in [6.07, 6.45) is 19.3. The molecule has 3 saturated carbocycles. The molecule has 4 atom stereocenters. The maximum atomic E-state index is 14.9. The van der Waals surface area contributed by atoms with E-state index in [9.17, 15) is 8.78 Å². The van der Waals surface area contributed by atoms with Crippen molar-refractivity contribution < 1.29 is 18.3 Å². The highest BCUT2D eigenvalue weighted by Gasteiger charge is 2.44. The third kappa shape index (κ3) is 7.03. The maximum Gasteiger partial charge on any atom is 0.200 e. The van der Waals surface area contributed by atoms with E-state index in [1.807, 2.05) is 0 Å². The Morgan fingerprint density at radius 2 is 1.42 bits per heavy atom. The van der Waals surface area contributed by atoms with E-state index in [0.717, 1.165) is 81.6 Å². The fraction of sp³-hybridized carbons (Fsp3) is 0.812. The van der Waals surface area contributed by atoms with Gasteiger partial charge in [-0.25, -0.2) is 4.39 Å². The molecule has 0 bridgehead atoms. The van der Waals surface area contributed by atoms with E-state index in [1.165, 1.54) is 51.4 Å². The van der Waals surface area contributed by atoms with Crippen molar-refractivity contribution in [3.63, 3.8) is 0 Å². The quantitative estimate of drug-likeness (QED) is 0.235. The lowest BCUT2D eigenvalue weighted by atomic mass is 9.82. The minimum absolute atomic E-state index is 0.0548. The number of hydrogen-bond donors (Lipinski definition) is 0. The van der Waals surface area contributed by atoms with Gasteiger partial charge in [-0.3, -0.25) is 0 Å². The van der Waals surface area contributed by atoms with E-state index in [0.29, 0.717) is 12.2 Å². The van der Waals surface area contributed by atoms with E-state index < -0.39 is 11.6 Å². The summed E-state index contributed by atoms with van der Waals surface area (Å²) in [5.74, 6) is 2.15. The minimum atomic E-state index is -0.818. The molecule has 3 fully saturated rings. The number of benzene rings is 1. The predicted octanol–water partition coefficient (Wildman–Crippen LogP) is 9.60. The number of unbranched alkanes of at least 4 members (excludes halogenated alkanes) is 5. The first kappa shape index (κ1) is 27.9. The lowest BCUT2D eigenvalue weighted by Gasteiger charge is -2.30. The Bertz CT molecular complexity index is 789. The van der Waals surface area contributed by atoms with Gasteiger partial charge >= 0.3 is 0 Å². The van der Waals surface area contributed by atoms with Crippen molar-refractivity contribution >= 4 is 0 Å². The summed E-state index contributed by atoms with van der Waals surface area (Å²) in [5.41, 5.74) is 0.517. The highest BCUT2D eigenvalue weighted by Crippen LogP contribution is 2.52. The zero-order chi connectivity index (χ0) is 25.3. The molecule has 0 N–H and O–H groups in total. The first-order chi connectivity index (χ1) is 17.6. The Balaban J connectivity index is 1.19. The van der Waals surface area contributed by atoms with Crippen molar-refractivity contribution in [2.24, 2.45) is 23.7 Å². The zero-order valence-corrected chi connectivity index (χ0v) is 22.9. The maximum absolute atomic E-state index is 14.9. The molecule has 0 aromatic heterocycles. The second-order valence-corrected chi connectivity index (χ2v) is 12.0. The molecule has 3 aliphatic rings. The summed E-state index contributed by atoms with van der Waals surface area (Å²) in [6.45, 7) is 5.80. The Kier molecular flexibility index (Phi) is 10.9. The van der Waals surface area contributed by atoms with Crippen LogP contribution >= 0.6 is 0 Å². The smallest absolute Gasteiger partial charge is 0.200 e. The highest BCUT2D eigenvalue weighted by atomic mass is 19.2. The molecule has 4 rings (SSSR count). The highest BCUT2D eigenvalue weighted by molar-refractivity contribution is 5.33. The van der Waals surface area contributed by atoms with E-state index in [-0.39, 0.29) is 17.8 Å². The van der Waals surface area contributed by atoms with E-state index in [2.05, 4.69) is 13.8 Å². The number of ether oxygens (including phenoxy) is 2. The molecule has 1 aromatic carbocycles. The molecule has 1 aromatic rings. The van der Waals surface area contributed by atoms with Gasteiger partial charge in [-0.1, -0.05) is 64.9 Å². The summed E-state index contributed by atoms with van der Waals surface area (Å²) < 4.78 is 41.5. The molecule has 2 nitrogen and oxygen atoms in total. The van der Waals surface area contributed by atoms with Crippen LogP contribution in [-0.2, 0) is 4.74 Å². The SMILES string of the molecule is CCCCCCOc1ccc(C2CCC(OCC3CCC4C(CCCCC)CCC34)CC2)c(F)c1F. The summed E-state index contributed by atoms with van der Waals surface area (Å²) >= 11 is 0. The van der Waals surface area contributed by atoms with Gasteiger partial charge in [0.05, 0.1) is 19.3 Å². The molecule has 4 heteroatoms.